The summed E-state index contributed by atoms with van der Waals surface area (Å²) in [6.07, 6.45) is 7.12. The third-order valence-electron chi connectivity index (χ3n) is 5.95. The predicted molar refractivity (Wildman–Crippen MR) is 157 cm³/mol. The van der Waals surface area contributed by atoms with Crippen LogP contribution in [0.4, 0.5) is 0 Å². The highest BCUT2D eigenvalue weighted by Gasteiger charge is 2.39. The van der Waals surface area contributed by atoms with E-state index in [4.69, 9.17) is 4.74 Å². The van der Waals surface area contributed by atoms with Gasteiger partial charge in [-0.05, 0) is 50.2 Å². The van der Waals surface area contributed by atoms with E-state index in [9.17, 15) is 0 Å². The van der Waals surface area contributed by atoms with E-state index in [1.807, 2.05) is 47.6 Å². The molecule has 2 atom stereocenters. The van der Waals surface area contributed by atoms with Crippen molar-refractivity contribution in [3.05, 3.63) is 77.4 Å². The van der Waals surface area contributed by atoms with Crippen LogP contribution >= 0.6 is 0 Å². The van der Waals surface area contributed by atoms with Crippen molar-refractivity contribution in [3.63, 3.8) is 0 Å². The van der Waals surface area contributed by atoms with E-state index in [-0.39, 0.29) is 5.41 Å². The van der Waals surface area contributed by atoms with Crippen LogP contribution in [0.5, 0.6) is 0 Å². The molecule has 1 heterocycles. The Morgan fingerprint density at radius 1 is 0.912 bits per heavy atom. The van der Waals surface area contributed by atoms with Gasteiger partial charge in [0.15, 0.2) is 0 Å². The average Bonchev–Trinajstić information content (AvgIpc) is 2.90. The highest BCUT2D eigenvalue weighted by atomic mass is 16.5. The zero-order chi connectivity index (χ0) is 26.6. The molecule has 1 nitrogen and oxygen atoms in total. The summed E-state index contributed by atoms with van der Waals surface area (Å²) in [4.78, 5) is 0. The summed E-state index contributed by atoms with van der Waals surface area (Å²) in [5.74, 6) is 0.586. The molecule has 2 aromatic rings. The topological polar surface area (TPSA) is 9.23 Å². The maximum absolute atomic E-state index is 6.01. The normalized spacial score (nSPS) is 18.4. The number of hydrogen-bond donors (Lipinski definition) is 0. The standard InChI is InChI=1S/C19H28O.C8H10.3C2H6/c1-5-11-19(12-13-20-18(14-19)15(3)4)17-10-8-7-9-16(17)6-2;1-7-3-5-8(2)6-4-7;3*1-2/h6-10,15,18H,2,5,11-14H2,1,3-4H3;3-6H,1-2H3;3*1-2H3. The summed E-state index contributed by atoms with van der Waals surface area (Å²) in [5, 5.41) is 0. The largest absolute Gasteiger partial charge is 0.378 e. The maximum Gasteiger partial charge on any atom is 0.0606 e. The summed E-state index contributed by atoms with van der Waals surface area (Å²) in [6.45, 7) is 27.9. The molecule has 0 saturated carbocycles. The SMILES string of the molecule is C=Cc1ccccc1C1(CCC)CCOC(C(C)C)C1.CC.CC.CC.Cc1ccc(C)cc1. The van der Waals surface area contributed by atoms with Crippen LogP contribution in [0.3, 0.4) is 0 Å². The van der Waals surface area contributed by atoms with E-state index in [0.29, 0.717) is 12.0 Å². The highest BCUT2D eigenvalue weighted by molar-refractivity contribution is 5.54. The molecule has 0 N–H and O–H groups in total. The third kappa shape index (κ3) is 11.5. The number of benzene rings is 2. The Morgan fingerprint density at radius 3 is 1.85 bits per heavy atom. The molecule has 0 bridgehead atoms. The van der Waals surface area contributed by atoms with Gasteiger partial charge in [-0.25, -0.2) is 0 Å². The molecule has 0 amide bonds. The fraction of sp³-hybridized carbons (Fsp3) is 0.576. The second-order valence-electron chi connectivity index (χ2n) is 8.58. The lowest BCUT2D eigenvalue weighted by Gasteiger charge is -2.43. The Morgan fingerprint density at radius 2 is 1.41 bits per heavy atom. The van der Waals surface area contributed by atoms with E-state index < -0.39 is 0 Å². The first kappa shape index (κ1) is 34.3. The second kappa shape index (κ2) is 20.5. The molecule has 0 spiro atoms. The number of aryl methyl sites for hydroxylation is 2. The van der Waals surface area contributed by atoms with E-state index in [1.165, 1.54) is 35.1 Å². The van der Waals surface area contributed by atoms with Gasteiger partial charge in [-0.15, -0.1) is 0 Å². The minimum Gasteiger partial charge on any atom is -0.378 e. The minimum atomic E-state index is 0.271. The summed E-state index contributed by atoms with van der Waals surface area (Å²) < 4.78 is 6.01. The van der Waals surface area contributed by atoms with Crippen LogP contribution < -0.4 is 0 Å². The zero-order valence-corrected chi connectivity index (χ0v) is 24.5. The van der Waals surface area contributed by atoms with Crippen molar-refractivity contribution >= 4 is 6.08 Å². The lowest BCUT2D eigenvalue weighted by Crippen LogP contribution is -2.41. The van der Waals surface area contributed by atoms with Crippen LogP contribution in [0, 0.1) is 19.8 Å². The van der Waals surface area contributed by atoms with Gasteiger partial charge in [0.25, 0.3) is 0 Å². The Bertz CT molecular complexity index is 703. The van der Waals surface area contributed by atoms with Crippen molar-refractivity contribution in [3.8, 4) is 0 Å². The number of rotatable bonds is 5. The fourth-order valence-electron chi connectivity index (χ4n) is 4.26. The lowest BCUT2D eigenvalue weighted by atomic mass is 9.67. The minimum absolute atomic E-state index is 0.271. The summed E-state index contributed by atoms with van der Waals surface area (Å²) in [5.41, 5.74) is 5.70. The van der Waals surface area contributed by atoms with Crippen molar-refractivity contribution < 1.29 is 4.74 Å². The molecule has 1 aliphatic rings. The van der Waals surface area contributed by atoms with Crippen molar-refractivity contribution in [2.75, 3.05) is 6.61 Å². The molecule has 2 unspecified atom stereocenters. The molecule has 2 aromatic carbocycles. The molecular formula is C33H56O. The van der Waals surface area contributed by atoms with Gasteiger partial charge in [0.2, 0.25) is 0 Å². The lowest BCUT2D eigenvalue weighted by molar-refractivity contribution is -0.0472. The molecular weight excluding hydrogens is 412 g/mol. The third-order valence-corrected chi connectivity index (χ3v) is 5.95. The van der Waals surface area contributed by atoms with Crippen LogP contribution in [0.2, 0.25) is 0 Å². The Balaban J connectivity index is 0. The van der Waals surface area contributed by atoms with Crippen molar-refractivity contribution in [2.24, 2.45) is 5.92 Å². The van der Waals surface area contributed by atoms with E-state index in [0.717, 1.165) is 19.4 Å². The van der Waals surface area contributed by atoms with E-state index in [1.54, 1.807) is 0 Å². The molecule has 1 aliphatic heterocycles. The van der Waals surface area contributed by atoms with Crippen molar-refractivity contribution in [1.82, 2.24) is 0 Å². The van der Waals surface area contributed by atoms with Gasteiger partial charge in [-0.2, -0.15) is 0 Å². The van der Waals surface area contributed by atoms with Gasteiger partial charge in [-0.3, -0.25) is 0 Å². The predicted octanol–water partition coefficient (Wildman–Crippen LogP) is 10.6. The van der Waals surface area contributed by atoms with Crippen LogP contribution in [-0.4, -0.2) is 12.7 Å². The first-order valence-electron chi connectivity index (χ1n) is 13.8. The molecule has 1 saturated heterocycles. The molecule has 34 heavy (non-hydrogen) atoms. The van der Waals surface area contributed by atoms with Gasteiger partial charge < -0.3 is 4.74 Å². The van der Waals surface area contributed by atoms with E-state index in [2.05, 4.69) is 89.7 Å². The number of ether oxygens (including phenoxy) is 1. The maximum atomic E-state index is 6.01. The van der Waals surface area contributed by atoms with Crippen molar-refractivity contribution in [2.45, 2.75) is 113 Å². The van der Waals surface area contributed by atoms with Gasteiger partial charge >= 0.3 is 0 Å². The second-order valence-corrected chi connectivity index (χ2v) is 8.58. The van der Waals surface area contributed by atoms with E-state index >= 15 is 0 Å². The first-order valence-corrected chi connectivity index (χ1v) is 13.8. The molecule has 0 aliphatic carbocycles. The first-order chi connectivity index (χ1) is 16.4. The van der Waals surface area contributed by atoms with Crippen LogP contribution in [-0.2, 0) is 10.2 Å². The molecule has 3 rings (SSSR count). The summed E-state index contributed by atoms with van der Waals surface area (Å²) in [6, 6.07) is 17.3. The highest BCUT2D eigenvalue weighted by Crippen LogP contribution is 2.44. The smallest absolute Gasteiger partial charge is 0.0606 e. The van der Waals surface area contributed by atoms with Crippen LogP contribution in [0.1, 0.15) is 110 Å². The molecule has 1 fully saturated rings. The number of hydrogen-bond acceptors (Lipinski definition) is 1. The summed E-state index contributed by atoms with van der Waals surface area (Å²) >= 11 is 0. The monoisotopic (exact) mass is 468 g/mol. The van der Waals surface area contributed by atoms with Crippen molar-refractivity contribution in [1.29, 1.82) is 0 Å². The summed E-state index contributed by atoms with van der Waals surface area (Å²) in [7, 11) is 0. The Labute approximate surface area is 214 Å². The van der Waals surface area contributed by atoms with Gasteiger partial charge in [0.05, 0.1) is 6.10 Å². The fourth-order valence-corrected chi connectivity index (χ4v) is 4.26. The van der Waals surface area contributed by atoms with Gasteiger partial charge in [0, 0.05) is 12.0 Å². The zero-order valence-electron chi connectivity index (χ0n) is 24.5. The Kier molecular flexibility index (Phi) is 20.7. The van der Waals surface area contributed by atoms with Gasteiger partial charge in [-0.1, -0.05) is 141 Å². The van der Waals surface area contributed by atoms with Crippen LogP contribution in [0.25, 0.3) is 6.08 Å². The molecule has 194 valence electrons. The molecule has 0 radical (unpaired) electrons. The van der Waals surface area contributed by atoms with Gasteiger partial charge in [0.1, 0.15) is 0 Å². The Hall–Kier alpha value is -1.86. The molecule has 1 heteroatoms. The quantitative estimate of drug-likeness (QED) is 0.424. The average molecular weight is 469 g/mol. The van der Waals surface area contributed by atoms with Crippen LogP contribution in [0.15, 0.2) is 55.1 Å². The molecule has 0 aromatic heterocycles.